The van der Waals surface area contributed by atoms with Gasteiger partial charge < -0.3 is 19.3 Å². The number of nitrogens with zero attached hydrogens (tertiary/aromatic N) is 3. The zero-order chi connectivity index (χ0) is 25.9. The lowest BCUT2D eigenvalue weighted by molar-refractivity contribution is -0.275. The third-order valence-electron chi connectivity index (χ3n) is 5.94. The number of hydrogen-bond acceptors (Lipinski definition) is 6. The van der Waals surface area contributed by atoms with Crippen LogP contribution in [0.1, 0.15) is 28.7 Å². The number of carbonyl (C=O) groups excluding carboxylic acids is 1. The Kier molecular flexibility index (Phi) is 7.77. The van der Waals surface area contributed by atoms with Crippen LogP contribution in [0.3, 0.4) is 0 Å². The highest BCUT2D eigenvalue weighted by Gasteiger charge is 2.62. The number of morpholine rings is 1. The SMILES string of the molecule is Cc1cc(C2=NOC(c3cc(Cl)cc(Cl)c3)(C(F)(F)F)C2)ccc1/C=N/OCC(=O)N1CCOCC1. The van der Waals surface area contributed by atoms with Crippen molar-refractivity contribution in [3.05, 3.63) is 68.7 Å². The molecule has 0 N–H and O–H groups in total. The smallest absolute Gasteiger partial charge is 0.386 e. The molecule has 1 amide bonds. The van der Waals surface area contributed by atoms with E-state index in [4.69, 9.17) is 37.6 Å². The molecule has 1 atom stereocenters. The van der Waals surface area contributed by atoms with Crippen molar-refractivity contribution in [2.45, 2.75) is 25.1 Å². The first-order chi connectivity index (χ1) is 17.1. The number of hydrogen-bond donors (Lipinski definition) is 0. The number of ether oxygens (including phenoxy) is 1. The molecule has 0 aromatic heterocycles. The zero-order valence-electron chi connectivity index (χ0n) is 19.1. The molecule has 0 spiro atoms. The normalized spacial score (nSPS) is 20.4. The van der Waals surface area contributed by atoms with E-state index in [2.05, 4.69) is 10.3 Å². The van der Waals surface area contributed by atoms with Gasteiger partial charge >= 0.3 is 6.18 Å². The fraction of sp³-hybridized carbons (Fsp3) is 0.375. The van der Waals surface area contributed by atoms with Gasteiger partial charge in [0.15, 0.2) is 6.61 Å². The highest BCUT2D eigenvalue weighted by atomic mass is 35.5. The molecule has 2 aliphatic heterocycles. The molecule has 1 fully saturated rings. The van der Waals surface area contributed by atoms with Crippen LogP contribution < -0.4 is 0 Å². The lowest BCUT2D eigenvalue weighted by Crippen LogP contribution is -2.42. The zero-order valence-corrected chi connectivity index (χ0v) is 20.7. The molecule has 12 heteroatoms. The first-order valence-corrected chi connectivity index (χ1v) is 11.7. The standard InChI is InChI=1S/C24H22Cl2F3N3O4/c1-15-8-16(2-3-17(15)13-30-35-14-22(33)32-4-6-34-7-5-32)21-12-23(36-31-21,24(27,28)29)18-9-19(25)11-20(26)10-18/h2-3,8-11,13H,4-7,12,14H2,1H3/b30-13+. The number of benzene rings is 2. The maximum Gasteiger partial charge on any atom is 0.435 e. The van der Waals surface area contributed by atoms with Crippen LogP contribution in [0.5, 0.6) is 0 Å². The Morgan fingerprint density at radius 1 is 1.19 bits per heavy atom. The lowest BCUT2D eigenvalue weighted by Gasteiger charge is -2.29. The van der Waals surface area contributed by atoms with E-state index in [1.165, 1.54) is 24.4 Å². The minimum absolute atomic E-state index is 0.0616. The highest BCUT2D eigenvalue weighted by molar-refractivity contribution is 6.34. The fourth-order valence-corrected chi connectivity index (χ4v) is 4.46. The van der Waals surface area contributed by atoms with E-state index in [9.17, 15) is 18.0 Å². The molecule has 2 heterocycles. The first-order valence-electron chi connectivity index (χ1n) is 11.0. The summed E-state index contributed by atoms with van der Waals surface area (Å²) in [5.74, 6) is -0.184. The van der Waals surface area contributed by atoms with E-state index >= 15 is 0 Å². The molecular formula is C24H22Cl2F3N3O4. The minimum atomic E-state index is -4.77. The maximum absolute atomic E-state index is 14.2. The molecule has 36 heavy (non-hydrogen) atoms. The van der Waals surface area contributed by atoms with Crippen LogP contribution in [-0.4, -0.2) is 61.8 Å². The Balaban J connectivity index is 1.44. The van der Waals surface area contributed by atoms with Crippen molar-refractivity contribution < 1.29 is 32.4 Å². The van der Waals surface area contributed by atoms with E-state index in [1.54, 1.807) is 30.0 Å². The van der Waals surface area contributed by atoms with Crippen molar-refractivity contribution in [3.63, 3.8) is 0 Å². The Labute approximate surface area is 215 Å². The largest absolute Gasteiger partial charge is 0.435 e. The number of amides is 1. The van der Waals surface area contributed by atoms with Crippen LogP contribution in [0.4, 0.5) is 13.2 Å². The van der Waals surface area contributed by atoms with Gasteiger partial charge in [0.25, 0.3) is 11.5 Å². The Bertz CT molecular complexity index is 1180. The molecule has 1 saturated heterocycles. The van der Waals surface area contributed by atoms with Gasteiger partial charge in [0, 0.05) is 35.1 Å². The summed E-state index contributed by atoms with van der Waals surface area (Å²) >= 11 is 11.9. The third-order valence-corrected chi connectivity index (χ3v) is 6.37. The van der Waals surface area contributed by atoms with Crippen molar-refractivity contribution in [2.24, 2.45) is 10.3 Å². The summed E-state index contributed by atoms with van der Waals surface area (Å²) in [5.41, 5.74) is -0.950. The maximum atomic E-state index is 14.2. The molecule has 1 unspecified atom stereocenters. The topological polar surface area (TPSA) is 72.7 Å². The predicted octanol–water partition coefficient (Wildman–Crippen LogP) is 5.09. The number of carbonyl (C=O) groups is 1. The lowest BCUT2D eigenvalue weighted by atomic mass is 9.86. The van der Waals surface area contributed by atoms with Crippen LogP contribution in [-0.2, 0) is 24.8 Å². The summed E-state index contributed by atoms with van der Waals surface area (Å²) < 4.78 is 47.8. The van der Waals surface area contributed by atoms with Gasteiger partial charge in [0.05, 0.1) is 25.1 Å². The summed E-state index contributed by atoms with van der Waals surface area (Å²) in [7, 11) is 0. The average molecular weight is 544 g/mol. The summed E-state index contributed by atoms with van der Waals surface area (Å²) in [6, 6.07) is 8.67. The molecule has 0 bridgehead atoms. The molecule has 192 valence electrons. The van der Waals surface area contributed by atoms with Crippen molar-refractivity contribution in [3.8, 4) is 0 Å². The Morgan fingerprint density at radius 2 is 1.89 bits per heavy atom. The molecule has 7 nitrogen and oxygen atoms in total. The van der Waals surface area contributed by atoms with Crippen LogP contribution in [0.2, 0.25) is 10.0 Å². The number of rotatable bonds is 6. The molecule has 2 aromatic carbocycles. The molecule has 2 aromatic rings. The van der Waals surface area contributed by atoms with Gasteiger partial charge in [-0.25, -0.2) is 0 Å². The van der Waals surface area contributed by atoms with Crippen LogP contribution >= 0.6 is 23.2 Å². The number of aryl methyl sites for hydroxylation is 1. The van der Waals surface area contributed by atoms with Crippen molar-refractivity contribution in [2.75, 3.05) is 32.9 Å². The Morgan fingerprint density at radius 3 is 2.53 bits per heavy atom. The summed E-state index contributed by atoms with van der Waals surface area (Å²) in [6.45, 7) is 3.59. The van der Waals surface area contributed by atoms with E-state index in [0.29, 0.717) is 37.4 Å². The molecule has 0 aliphatic carbocycles. The van der Waals surface area contributed by atoms with E-state index < -0.39 is 18.2 Å². The van der Waals surface area contributed by atoms with Gasteiger partial charge in [0.1, 0.15) is 0 Å². The predicted molar refractivity (Wildman–Crippen MR) is 129 cm³/mol. The van der Waals surface area contributed by atoms with Crippen molar-refractivity contribution in [1.82, 2.24) is 4.90 Å². The molecular weight excluding hydrogens is 522 g/mol. The molecule has 2 aliphatic rings. The molecule has 4 rings (SSSR count). The van der Waals surface area contributed by atoms with Gasteiger partial charge in [-0.1, -0.05) is 45.6 Å². The van der Waals surface area contributed by atoms with Crippen LogP contribution in [0.15, 0.2) is 46.7 Å². The van der Waals surface area contributed by atoms with Gasteiger partial charge in [0.2, 0.25) is 0 Å². The van der Waals surface area contributed by atoms with E-state index in [-0.39, 0.29) is 33.8 Å². The second-order valence-corrected chi connectivity index (χ2v) is 9.23. The highest BCUT2D eigenvalue weighted by Crippen LogP contribution is 2.49. The monoisotopic (exact) mass is 543 g/mol. The number of alkyl halides is 3. The second kappa shape index (κ2) is 10.7. The third kappa shape index (κ3) is 5.61. The Hall–Kier alpha value is -2.82. The number of oxime groups is 2. The second-order valence-electron chi connectivity index (χ2n) is 8.36. The fourth-order valence-electron chi connectivity index (χ4n) is 3.94. The summed E-state index contributed by atoms with van der Waals surface area (Å²) in [6.07, 6.45) is -3.89. The van der Waals surface area contributed by atoms with Crippen molar-refractivity contribution >= 4 is 41.0 Å². The van der Waals surface area contributed by atoms with Gasteiger partial charge in [-0.2, -0.15) is 13.2 Å². The molecule has 0 saturated carbocycles. The summed E-state index contributed by atoms with van der Waals surface area (Å²) in [4.78, 5) is 23.9. The van der Waals surface area contributed by atoms with Crippen molar-refractivity contribution in [1.29, 1.82) is 0 Å². The average Bonchev–Trinajstić information content (AvgIpc) is 3.30. The minimum Gasteiger partial charge on any atom is -0.386 e. The van der Waals surface area contributed by atoms with Gasteiger partial charge in [-0.3, -0.25) is 4.79 Å². The first kappa shape index (κ1) is 26.2. The van der Waals surface area contributed by atoms with Gasteiger partial charge in [-0.15, -0.1) is 0 Å². The van der Waals surface area contributed by atoms with Crippen LogP contribution in [0.25, 0.3) is 0 Å². The van der Waals surface area contributed by atoms with Gasteiger partial charge in [-0.05, 0) is 47.9 Å². The molecule has 0 radical (unpaired) electrons. The van der Waals surface area contributed by atoms with E-state index in [1.807, 2.05) is 0 Å². The summed E-state index contributed by atoms with van der Waals surface area (Å²) in [5, 5.41) is 7.74. The number of halogens is 5. The van der Waals surface area contributed by atoms with Crippen LogP contribution in [0, 0.1) is 6.92 Å². The van der Waals surface area contributed by atoms with E-state index in [0.717, 1.165) is 5.56 Å². The quantitative estimate of drug-likeness (QED) is 0.375.